The first-order valence-electron chi connectivity index (χ1n) is 7.34. The van der Waals surface area contributed by atoms with Gasteiger partial charge in [0.1, 0.15) is 24.2 Å². The van der Waals surface area contributed by atoms with Crippen LogP contribution in [0, 0.1) is 0 Å². The summed E-state index contributed by atoms with van der Waals surface area (Å²) in [6.45, 7) is 3.95. The van der Waals surface area contributed by atoms with Crippen molar-refractivity contribution in [2.45, 2.75) is 25.5 Å². The van der Waals surface area contributed by atoms with E-state index >= 15 is 0 Å². The van der Waals surface area contributed by atoms with Gasteiger partial charge in [0.05, 0.1) is 7.11 Å². The molecule has 0 radical (unpaired) electrons. The molecule has 21 heavy (non-hydrogen) atoms. The second kappa shape index (κ2) is 9.60. The van der Waals surface area contributed by atoms with Crippen molar-refractivity contribution in [3.63, 3.8) is 0 Å². The topological polar surface area (TPSA) is 54.0 Å². The molecule has 0 saturated heterocycles. The molecule has 0 spiro atoms. The highest BCUT2D eigenvalue weighted by molar-refractivity contribution is 5.32. The molecule has 1 aromatic carbocycles. The van der Waals surface area contributed by atoms with E-state index in [-0.39, 0.29) is 6.61 Å². The third-order valence-electron chi connectivity index (χ3n) is 3.19. The van der Waals surface area contributed by atoms with Crippen LogP contribution in [-0.2, 0) is 0 Å². The van der Waals surface area contributed by atoms with E-state index in [1.807, 2.05) is 18.2 Å². The summed E-state index contributed by atoms with van der Waals surface area (Å²) in [5.74, 6) is 1.45. The van der Waals surface area contributed by atoms with Gasteiger partial charge in [-0.2, -0.15) is 0 Å². The quantitative estimate of drug-likeness (QED) is 0.683. The van der Waals surface area contributed by atoms with Crippen LogP contribution in [0.1, 0.15) is 13.3 Å². The molecule has 2 atom stereocenters. The van der Waals surface area contributed by atoms with Crippen molar-refractivity contribution in [1.82, 2.24) is 10.2 Å². The Kier molecular flexibility index (Phi) is 8.12. The second-order valence-corrected chi connectivity index (χ2v) is 5.55. The molecule has 2 unspecified atom stereocenters. The standard InChI is InChI=1S/C16H28N2O3/c1-13(8-9-18(2)3)17-11-14(19)12-21-16-7-5-6-15(10-16)20-4/h5-7,10,13-14,17,19H,8-9,11-12H2,1-4H3. The van der Waals surface area contributed by atoms with E-state index in [1.54, 1.807) is 13.2 Å². The lowest BCUT2D eigenvalue weighted by Crippen LogP contribution is -2.37. The largest absolute Gasteiger partial charge is 0.497 e. The van der Waals surface area contributed by atoms with Crippen molar-refractivity contribution < 1.29 is 14.6 Å². The van der Waals surface area contributed by atoms with Gasteiger partial charge in [0.25, 0.3) is 0 Å². The fourth-order valence-corrected chi connectivity index (χ4v) is 1.83. The molecule has 0 aliphatic carbocycles. The summed E-state index contributed by atoms with van der Waals surface area (Å²) < 4.78 is 10.7. The van der Waals surface area contributed by atoms with Gasteiger partial charge in [-0.25, -0.2) is 0 Å². The van der Waals surface area contributed by atoms with Crippen molar-refractivity contribution in [2.75, 3.05) is 40.9 Å². The minimum atomic E-state index is -0.530. The summed E-state index contributed by atoms with van der Waals surface area (Å²) in [5.41, 5.74) is 0. The smallest absolute Gasteiger partial charge is 0.123 e. The zero-order valence-electron chi connectivity index (χ0n) is 13.5. The number of rotatable bonds is 10. The minimum Gasteiger partial charge on any atom is -0.497 e. The van der Waals surface area contributed by atoms with Gasteiger partial charge in [-0.1, -0.05) is 6.07 Å². The van der Waals surface area contributed by atoms with Crippen LogP contribution in [0.2, 0.25) is 0 Å². The number of ether oxygens (including phenoxy) is 2. The number of methoxy groups -OCH3 is 1. The zero-order valence-corrected chi connectivity index (χ0v) is 13.5. The Bertz CT molecular complexity index is 399. The number of aliphatic hydroxyl groups excluding tert-OH is 1. The van der Waals surface area contributed by atoms with E-state index in [9.17, 15) is 5.11 Å². The van der Waals surface area contributed by atoms with E-state index in [0.717, 1.165) is 18.7 Å². The first kappa shape index (κ1) is 17.8. The summed E-state index contributed by atoms with van der Waals surface area (Å²) in [7, 11) is 5.74. The number of aliphatic hydroxyl groups is 1. The third-order valence-corrected chi connectivity index (χ3v) is 3.19. The first-order valence-corrected chi connectivity index (χ1v) is 7.34. The van der Waals surface area contributed by atoms with Crippen LogP contribution in [0.3, 0.4) is 0 Å². The average Bonchev–Trinajstić information content (AvgIpc) is 2.49. The fourth-order valence-electron chi connectivity index (χ4n) is 1.83. The lowest BCUT2D eigenvalue weighted by molar-refractivity contribution is 0.103. The molecule has 0 bridgehead atoms. The molecule has 0 saturated carbocycles. The number of nitrogens with one attached hydrogen (secondary N) is 1. The van der Waals surface area contributed by atoms with Gasteiger partial charge in [0.2, 0.25) is 0 Å². The van der Waals surface area contributed by atoms with Gasteiger partial charge in [0.15, 0.2) is 0 Å². The Morgan fingerprint density at radius 1 is 1.29 bits per heavy atom. The molecule has 0 aliphatic rings. The van der Waals surface area contributed by atoms with Gasteiger partial charge >= 0.3 is 0 Å². The number of hydrogen-bond donors (Lipinski definition) is 2. The van der Waals surface area contributed by atoms with E-state index in [0.29, 0.717) is 18.3 Å². The molecule has 5 heteroatoms. The summed E-state index contributed by atoms with van der Waals surface area (Å²) >= 11 is 0. The zero-order chi connectivity index (χ0) is 15.7. The van der Waals surface area contributed by atoms with Crippen LogP contribution in [0.25, 0.3) is 0 Å². The fraction of sp³-hybridized carbons (Fsp3) is 0.625. The predicted octanol–water partition coefficient (Wildman–Crippen LogP) is 1.36. The molecule has 1 aromatic rings. The van der Waals surface area contributed by atoms with Crippen molar-refractivity contribution in [3.8, 4) is 11.5 Å². The SMILES string of the molecule is COc1cccc(OCC(O)CNC(C)CCN(C)C)c1. The maximum atomic E-state index is 9.93. The van der Waals surface area contributed by atoms with E-state index < -0.39 is 6.10 Å². The molecule has 0 aromatic heterocycles. The molecule has 0 fully saturated rings. The normalized spacial score (nSPS) is 14.0. The average molecular weight is 296 g/mol. The highest BCUT2D eigenvalue weighted by Crippen LogP contribution is 2.18. The lowest BCUT2D eigenvalue weighted by atomic mass is 10.2. The van der Waals surface area contributed by atoms with Crippen molar-refractivity contribution >= 4 is 0 Å². The highest BCUT2D eigenvalue weighted by Gasteiger charge is 2.08. The van der Waals surface area contributed by atoms with Gasteiger partial charge in [0, 0.05) is 18.7 Å². The van der Waals surface area contributed by atoms with Crippen LogP contribution >= 0.6 is 0 Å². The molecule has 2 N–H and O–H groups in total. The molecule has 0 heterocycles. The molecule has 0 aliphatic heterocycles. The molecule has 120 valence electrons. The predicted molar refractivity (Wildman–Crippen MR) is 85.1 cm³/mol. The Balaban J connectivity index is 2.22. The number of nitrogens with zero attached hydrogens (tertiary/aromatic N) is 1. The molecule has 0 amide bonds. The van der Waals surface area contributed by atoms with Crippen LogP contribution in [0.15, 0.2) is 24.3 Å². The van der Waals surface area contributed by atoms with E-state index in [4.69, 9.17) is 9.47 Å². The van der Waals surface area contributed by atoms with Crippen molar-refractivity contribution in [1.29, 1.82) is 0 Å². The maximum Gasteiger partial charge on any atom is 0.123 e. The van der Waals surface area contributed by atoms with E-state index in [1.165, 1.54) is 0 Å². The monoisotopic (exact) mass is 296 g/mol. The Morgan fingerprint density at radius 2 is 2.00 bits per heavy atom. The maximum absolute atomic E-state index is 9.93. The van der Waals surface area contributed by atoms with Gasteiger partial charge in [-0.3, -0.25) is 0 Å². The molecule has 5 nitrogen and oxygen atoms in total. The third kappa shape index (κ3) is 7.90. The van der Waals surface area contributed by atoms with Crippen molar-refractivity contribution in [2.24, 2.45) is 0 Å². The Labute approximate surface area is 127 Å². The van der Waals surface area contributed by atoms with Crippen molar-refractivity contribution in [3.05, 3.63) is 24.3 Å². The summed E-state index contributed by atoms with van der Waals surface area (Å²) in [5, 5.41) is 13.2. The Morgan fingerprint density at radius 3 is 2.67 bits per heavy atom. The van der Waals surface area contributed by atoms with Crippen LogP contribution in [0.5, 0.6) is 11.5 Å². The lowest BCUT2D eigenvalue weighted by Gasteiger charge is -2.19. The Hall–Kier alpha value is -1.30. The molecular formula is C16H28N2O3. The van der Waals surface area contributed by atoms with E-state index in [2.05, 4.69) is 31.2 Å². The molecule has 1 rings (SSSR count). The summed E-state index contributed by atoms with van der Waals surface area (Å²) in [4.78, 5) is 2.15. The minimum absolute atomic E-state index is 0.264. The number of benzene rings is 1. The summed E-state index contributed by atoms with van der Waals surface area (Å²) in [6.07, 6.45) is 0.522. The van der Waals surface area contributed by atoms with Gasteiger partial charge < -0.3 is 24.8 Å². The highest BCUT2D eigenvalue weighted by atomic mass is 16.5. The van der Waals surface area contributed by atoms with Gasteiger partial charge in [-0.15, -0.1) is 0 Å². The van der Waals surface area contributed by atoms with Crippen LogP contribution < -0.4 is 14.8 Å². The second-order valence-electron chi connectivity index (χ2n) is 5.55. The molecular weight excluding hydrogens is 268 g/mol. The summed E-state index contributed by atoms with van der Waals surface area (Å²) in [6, 6.07) is 7.75. The first-order chi connectivity index (χ1) is 10.0. The number of hydrogen-bond acceptors (Lipinski definition) is 5. The van der Waals surface area contributed by atoms with Gasteiger partial charge in [-0.05, 0) is 46.1 Å². The van der Waals surface area contributed by atoms with Crippen LogP contribution in [-0.4, -0.2) is 63.1 Å². The van der Waals surface area contributed by atoms with Crippen LogP contribution in [0.4, 0.5) is 0 Å².